The predicted molar refractivity (Wildman–Crippen MR) is 105 cm³/mol. The van der Waals surface area contributed by atoms with Crippen molar-refractivity contribution in [3.63, 3.8) is 0 Å². The molecule has 3 atom stereocenters. The molecule has 2 aromatic rings. The topological polar surface area (TPSA) is 156 Å². The number of nitrogens with zero attached hydrogens (tertiary/aromatic N) is 4. The highest BCUT2D eigenvalue weighted by molar-refractivity contribution is 7.13. The molecule has 1 fully saturated rings. The lowest BCUT2D eigenvalue weighted by Gasteiger charge is -2.35. The number of aromatic nitrogens is 3. The van der Waals surface area contributed by atoms with Gasteiger partial charge >= 0.3 is 11.8 Å². The van der Waals surface area contributed by atoms with Gasteiger partial charge in [-0.3, -0.25) is 14.4 Å². The van der Waals surface area contributed by atoms with Gasteiger partial charge in [0.1, 0.15) is 0 Å². The number of nitrogens with one attached hydrogen (secondary N) is 2. The average Bonchev–Trinajstić information content (AvgIpc) is 3.38. The monoisotopic (exact) mass is 433 g/mol. The molecule has 0 spiro atoms. The van der Waals surface area contributed by atoms with E-state index < -0.39 is 23.9 Å². The van der Waals surface area contributed by atoms with Crippen molar-refractivity contribution in [1.82, 2.24) is 30.7 Å². The van der Waals surface area contributed by atoms with E-state index >= 15 is 0 Å². The summed E-state index contributed by atoms with van der Waals surface area (Å²) < 4.78 is 5.32. The first-order valence-electron chi connectivity index (χ1n) is 9.75. The number of primary amides is 1. The van der Waals surface area contributed by atoms with E-state index in [1.165, 1.54) is 17.7 Å². The number of carbonyl (C=O) groups is 3. The van der Waals surface area contributed by atoms with Crippen LogP contribution in [0.25, 0.3) is 0 Å². The van der Waals surface area contributed by atoms with Gasteiger partial charge in [-0.05, 0) is 26.3 Å². The van der Waals surface area contributed by atoms with Crippen molar-refractivity contribution >= 4 is 29.1 Å². The van der Waals surface area contributed by atoms with Gasteiger partial charge in [0, 0.05) is 36.3 Å². The van der Waals surface area contributed by atoms with Crippen molar-refractivity contribution in [2.45, 2.75) is 50.2 Å². The number of amides is 3. The van der Waals surface area contributed by atoms with Gasteiger partial charge in [-0.2, -0.15) is 0 Å². The zero-order valence-corrected chi connectivity index (χ0v) is 17.3. The number of nitrogens with two attached hydrogens (primary N) is 1. The molecule has 1 saturated carbocycles. The van der Waals surface area contributed by atoms with E-state index in [-0.39, 0.29) is 11.8 Å². The van der Waals surface area contributed by atoms with Crippen LogP contribution >= 0.6 is 11.3 Å². The van der Waals surface area contributed by atoms with Crippen LogP contribution in [0, 0.1) is 0 Å². The fourth-order valence-electron chi connectivity index (χ4n) is 3.98. The van der Waals surface area contributed by atoms with Gasteiger partial charge < -0.3 is 25.7 Å². The van der Waals surface area contributed by atoms with Crippen molar-refractivity contribution in [1.29, 1.82) is 0 Å². The fraction of sp³-hybridized carbons (Fsp3) is 0.556. The first kappa shape index (κ1) is 20.4. The van der Waals surface area contributed by atoms with Gasteiger partial charge in [-0.25, -0.2) is 4.98 Å². The van der Waals surface area contributed by atoms with Gasteiger partial charge in [-0.15, -0.1) is 21.5 Å². The van der Waals surface area contributed by atoms with Gasteiger partial charge in [0.25, 0.3) is 5.91 Å². The van der Waals surface area contributed by atoms with Crippen LogP contribution in [0.15, 0.2) is 10.8 Å². The molecule has 160 valence electrons. The van der Waals surface area contributed by atoms with Crippen LogP contribution in [0.5, 0.6) is 0 Å². The Labute approximate surface area is 176 Å². The van der Waals surface area contributed by atoms with E-state index in [9.17, 15) is 14.4 Å². The fourth-order valence-corrected chi connectivity index (χ4v) is 5.07. The summed E-state index contributed by atoms with van der Waals surface area (Å²) in [6, 6.07) is -0.871. The third-order valence-corrected chi connectivity index (χ3v) is 6.63. The minimum Gasteiger partial charge on any atom is -0.428 e. The number of thiazole rings is 1. The smallest absolute Gasteiger partial charge is 0.309 e. The highest BCUT2D eigenvalue weighted by Crippen LogP contribution is 2.32. The van der Waals surface area contributed by atoms with Crippen molar-refractivity contribution in [3.8, 4) is 0 Å². The van der Waals surface area contributed by atoms with Crippen LogP contribution in [-0.4, -0.2) is 63.5 Å². The molecule has 0 unspecified atom stereocenters. The molecule has 3 amide bonds. The number of likely N-dealkylation sites (N-methyl/N-ethyl adjacent to an activating group) is 1. The zero-order valence-electron chi connectivity index (χ0n) is 16.5. The maximum Gasteiger partial charge on any atom is 0.309 e. The van der Waals surface area contributed by atoms with Crippen LogP contribution in [-0.2, 0) is 22.6 Å². The normalized spacial score (nSPS) is 24.1. The SMILES string of the molecule is CN1CCc2nc(C(=O)N[C@@H]3C[C@@H](c4nnco4)CC[C@@H]3NC(=O)C(N)=O)sc2C1. The molecular formula is C18H23N7O4S. The van der Waals surface area contributed by atoms with Gasteiger partial charge in [0.15, 0.2) is 5.01 Å². The second kappa shape index (κ2) is 8.48. The van der Waals surface area contributed by atoms with Crippen molar-refractivity contribution in [2.75, 3.05) is 13.6 Å². The van der Waals surface area contributed by atoms with Crippen LogP contribution in [0.1, 0.15) is 51.4 Å². The second-order valence-corrected chi connectivity index (χ2v) is 8.77. The zero-order chi connectivity index (χ0) is 21.3. The summed E-state index contributed by atoms with van der Waals surface area (Å²) in [7, 11) is 2.04. The molecule has 11 nitrogen and oxygen atoms in total. The van der Waals surface area contributed by atoms with Crippen molar-refractivity contribution in [3.05, 3.63) is 27.9 Å². The van der Waals surface area contributed by atoms with Gasteiger partial charge in [0.05, 0.1) is 11.7 Å². The lowest BCUT2D eigenvalue weighted by Crippen LogP contribution is -2.56. The summed E-state index contributed by atoms with van der Waals surface area (Å²) in [5, 5.41) is 13.7. The van der Waals surface area contributed by atoms with E-state index in [2.05, 4.69) is 30.7 Å². The maximum absolute atomic E-state index is 12.9. The predicted octanol–water partition coefficient (Wildman–Crippen LogP) is -0.450. The van der Waals surface area contributed by atoms with E-state index in [4.69, 9.17) is 10.2 Å². The van der Waals surface area contributed by atoms with Crippen molar-refractivity contribution in [2.24, 2.45) is 5.73 Å². The molecule has 0 bridgehead atoms. The molecule has 2 aliphatic rings. The Hall–Kier alpha value is -2.86. The Balaban J connectivity index is 1.50. The molecule has 0 radical (unpaired) electrons. The van der Waals surface area contributed by atoms with Crippen LogP contribution < -0.4 is 16.4 Å². The number of hydrogen-bond donors (Lipinski definition) is 3. The molecular weight excluding hydrogens is 410 g/mol. The molecule has 30 heavy (non-hydrogen) atoms. The number of carbonyl (C=O) groups excluding carboxylic acids is 3. The van der Waals surface area contributed by atoms with Crippen LogP contribution in [0.4, 0.5) is 0 Å². The number of fused-ring (bicyclic) bond motifs is 1. The Kier molecular flexibility index (Phi) is 5.77. The largest absolute Gasteiger partial charge is 0.428 e. The summed E-state index contributed by atoms with van der Waals surface area (Å²) in [6.07, 6.45) is 3.74. The molecule has 4 rings (SSSR count). The van der Waals surface area contributed by atoms with E-state index in [0.717, 1.165) is 30.1 Å². The average molecular weight is 433 g/mol. The summed E-state index contributed by atoms with van der Waals surface area (Å²) in [5.41, 5.74) is 6.05. The Morgan fingerprint density at radius 1 is 1.27 bits per heavy atom. The molecule has 12 heteroatoms. The molecule has 0 aromatic carbocycles. The minimum atomic E-state index is -1.06. The highest BCUT2D eigenvalue weighted by Gasteiger charge is 2.36. The first-order valence-corrected chi connectivity index (χ1v) is 10.6. The van der Waals surface area contributed by atoms with Crippen LogP contribution in [0.3, 0.4) is 0 Å². The standard InChI is InChI=1S/C18H23N7O4S/c1-25-5-4-11-13(7-25)30-18(23-11)16(28)22-12-6-9(17-24-20-8-29-17)2-3-10(12)21-15(27)14(19)26/h8-10,12H,2-7H2,1H3,(H2,19,26)(H,21,27)(H,22,28)/t9-,10-,12+/m0/s1. The Morgan fingerprint density at radius 3 is 2.83 bits per heavy atom. The first-order chi connectivity index (χ1) is 14.4. The number of rotatable bonds is 4. The van der Waals surface area contributed by atoms with Gasteiger partial charge in [-0.1, -0.05) is 0 Å². The quantitative estimate of drug-likeness (QED) is 0.547. The van der Waals surface area contributed by atoms with E-state index in [1.807, 2.05) is 7.05 Å². The van der Waals surface area contributed by atoms with Crippen molar-refractivity contribution < 1.29 is 18.8 Å². The lowest BCUT2D eigenvalue weighted by atomic mass is 9.82. The second-order valence-electron chi connectivity index (χ2n) is 7.69. The molecule has 0 saturated heterocycles. The summed E-state index contributed by atoms with van der Waals surface area (Å²) in [5.74, 6) is -1.80. The summed E-state index contributed by atoms with van der Waals surface area (Å²) in [6.45, 7) is 1.69. The van der Waals surface area contributed by atoms with Gasteiger partial charge in [0.2, 0.25) is 12.3 Å². The third kappa shape index (κ3) is 4.33. The van der Waals surface area contributed by atoms with Crippen LogP contribution in [0.2, 0.25) is 0 Å². The maximum atomic E-state index is 12.9. The lowest BCUT2D eigenvalue weighted by molar-refractivity contribution is -0.138. The molecule has 3 heterocycles. The molecule has 1 aliphatic heterocycles. The highest BCUT2D eigenvalue weighted by atomic mass is 32.1. The Bertz CT molecular complexity index is 944. The molecule has 1 aliphatic carbocycles. The molecule has 4 N–H and O–H groups in total. The third-order valence-electron chi connectivity index (χ3n) is 5.55. The minimum absolute atomic E-state index is 0.0577. The summed E-state index contributed by atoms with van der Waals surface area (Å²) in [4.78, 5) is 43.8. The molecule has 2 aromatic heterocycles. The number of hydrogen-bond acceptors (Lipinski definition) is 9. The Morgan fingerprint density at radius 2 is 2.10 bits per heavy atom. The van der Waals surface area contributed by atoms with E-state index in [1.54, 1.807) is 0 Å². The summed E-state index contributed by atoms with van der Waals surface area (Å²) >= 11 is 1.39. The van der Waals surface area contributed by atoms with E-state index in [0.29, 0.717) is 30.2 Å².